The molecule has 1 aliphatic carbocycles. The molecular weight excluding hydrogens is 316 g/mol. The third kappa shape index (κ3) is 2.79. The van der Waals surface area contributed by atoms with E-state index < -0.39 is 21.8 Å². The maximum atomic E-state index is 12.9. The number of carbonyl (C=O) groups is 2. The Morgan fingerprint density at radius 3 is 2.43 bits per heavy atom. The van der Waals surface area contributed by atoms with Crippen LogP contribution in [-0.4, -0.2) is 49.6 Å². The van der Waals surface area contributed by atoms with Crippen molar-refractivity contribution in [2.75, 3.05) is 20.1 Å². The fourth-order valence-corrected chi connectivity index (χ4v) is 4.43. The van der Waals surface area contributed by atoms with Crippen molar-refractivity contribution >= 4 is 21.8 Å². The summed E-state index contributed by atoms with van der Waals surface area (Å²) in [6, 6.07) is 4.20. The minimum atomic E-state index is -3.65. The highest BCUT2D eigenvalue weighted by Crippen LogP contribution is 2.32. The fraction of sp³-hybridized carbons (Fsp3) is 0.500. The number of hydrogen-bond acceptors (Lipinski definition) is 4. The van der Waals surface area contributed by atoms with Crippen molar-refractivity contribution in [3.63, 3.8) is 0 Å². The summed E-state index contributed by atoms with van der Waals surface area (Å²) in [5.74, 6) is -0.399. The van der Waals surface area contributed by atoms with Gasteiger partial charge in [0.2, 0.25) is 10.0 Å². The largest absolute Gasteiger partial charge is 0.277 e. The molecular formula is C16H20N2O4S. The second kappa shape index (κ2) is 5.72. The first-order chi connectivity index (χ1) is 10.9. The van der Waals surface area contributed by atoms with Crippen molar-refractivity contribution in [1.82, 2.24) is 9.21 Å². The van der Waals surface area contributed by atoms with Gasteiger partial charge in [-0.15, -0.1) is 0 Å². The third-order valence-corrected chi connectivity index (χ3v) is 6.19. The zero-order valence-electron chi connectivity index (χ0n) is 13.3. The maximum absolute atomic E-state index is 12.9. The molecule has 2 amide bonds. The SMILES string of the molecule is CCCN(CC1CC1)S(=O)(=O)c1ccc2c(c1)C(=O)N(C)C2=O. The van der Waals surface area contributed by atoms with Gasteiger partial charge in [-0.2, -0.15) is 4.31 Å². The van der Waals surface area contributed by atoms with Crippen LogP contribution in [-0.2, 0) is 10.0 Å². The molecule has 1 fully saturated rings. The Kier molecular flexibility index (Phi) is 4.01. The van der Waals surface area contributed by atoms with Crippen LogP contribution in [0.4, 0.5) is 0 Å². The van der Waals surface area contributed by atoms with Gasteiger partial charge in [0.1, 0.15) is 0 Å². The molecule has 0 unspecified atom stereocenters. The highest BCUT2D eigenvalue weighted by atomic mass is 32.2. The van der Waals surface area contributed by atoms with Crippen LogP contribution < -0.4 is 0 Å². The first-order valence-electron chi connectivity index (χ1n) is 7.83. The van der Waals surface area contributed by atoms with E-state index in [1.807, 2.05) is 6.92 Å². The summed E-state index contributed by atoms with van der Waals surface area (Å²) in [4.78, 5) is 25.1. The molecule has 1 aromatic carbocycles. The molecule has 7 heteroatoms. The number of nitrogens with zero attached hydrogens (tertiary/aromatic N) is 2. The quantitative estimate of drug-likeness (QED) is 0.741. The average Bonchev–Trinajstić information content (AvgIpc) is 3.32. The van der Waals surface area contributed by atoms with Crippen molar-refractivity contribution < 1.29 is 18.0 Å². The van der Waals surface area contributed by atoms with E-state index in [9.17, 15) is 18.0 Å². The van der Waals surface area contributed by atoms with E-state index in [2.05, 4.69) is 0 Å². The summed E-state index contributed by atoms with van der Waals surface area (Å²) in [6.07, 6.45) is 2.87. The molecule has 23 heavy (non-hydrogen) atoms. The first-order valence-corrected chi connectivity index (χ1v) is 9.27. The number of hydrogen-bond donors (Lipinski definition) is 0. The van der Waals surface area contributed by atoms with Gasteiger partial charge in [0.25, 0.3) is 11.8 Å². The number of amides is 2. The van der Waals surface area contributed by atoms with Gasteiger partial charge in [0.05, 0.1) is 16.0 Å². The second-order valence-corrected chi connectivity index (χ2v) is 8.12. The molecule has 6 nitrogen and oxygen atoms in total. The molecule has 0 spiro atoms. The van der Waals surface area contributed by atoms with Crippen LogP contribution in [0.3, 0.4) is 0 Å². The standard InChI is InChI=1S/C16H20N2O4S/c1-3-8-18(10-11-4-5-11)23(21,22)12-6-7-13-14(9-12)16(20)17(2)15(13)19/h6-7,9,11H,3-5,8,10H2,1-2H3. The van der Waals surface area contributed by atoms with Crippen molar-refractivity contribution in [2.45, 2.75) is 31.1 Å². The van der Waals surface area contributed by atoms with E-state index in [1.54, 1.807) is 0 Å². The molecule has 0 N–H and O–H groups in total. The highest BCUT2D eigenvalue weighted by Gasteiger charge is 2.36. The van der Waals surface area contributed by atoms with E-state index in [-0.39, 0.29) is 16.0 Å². The lowest BCUT2D eigenvalue weighted by atomic mass is 10.1. The van der Waals surface area contributed by atoms with Crippen molar-refractivity contribution in [3.05, 3.63) is 29.3 Å². The average molecular weight is 336 g/mol. The van der Waals surface area contributed by atoms with Gasteiger partial charge in [0, 0.05) is 20.1 Å². The van der Waals surface area contributed by atoms with Crippen molar-refractivity contribution in [3.8, 4) is 0 Å². The van der Waals surface area contributed by atoms with Gasteiger partial charge in [-0.05, 0) is 43.4 Å². The molecule has 0 saturated heterocycles. The highest BCUT2D eigenvalue weighted by molar-refractivity contribution is 7.89. The topological polar surface area (TPSA) is 74.8 Å². The smallest absolute Gasteiger partial charge is 0.261 e. The summed E-state index contributed by atoms with van der Waals surface area (Å²) in [7, 11) is -2.25. The Bertz CT molecular complexity index is 768. The van der Waals surface area contributed by atoms with Crippen molar-refractivity contribution in [1.29, 1.82) is 0 Å². The molecule has 0 atom stereocenters. The van der Waals surface area contributed by atoms with Crippen LogP contribution in [0.15, 0.2) is 23.1 Å². The molecule has 2 aliphatic rings. The number of imide groups is 1. The van der Waals surface area contributed by atoms with E-state index in [1.165, 1.54) is 29.6 Å². The van der Waals surface area contributed by atoms with Crippen LogP contribution in [0.2, 0.25) is 0 Å². The van der Waals surface area contributed by atoms with E-state index >= 15 is 0 Å². The van der Waals surface area contributed by atoms with Crippen LogP contribution in [0.25, 0.3) is 0 Å². The molecule has 1 aliphatic heterocycles. The second-order valence-electron chi connectivity index (χ2n) is 6.18. The molecule has 1 heterocycles. The molecule has 0 radical (unpaired) electrons. The van der Waals surface area contributed by atoms with E-state index in [0.717, 1.165) is 24.2 Å². The maximum Gasteiger partial charge on any atom is 0.261 e. The monoisotopic (exact) mass is 336 g/mol. The Morgan fingerprint density at radius 2 is 1.83 bits per heavy atom. The summed E-state index contributed by atoms with van der Waals surface area (Å²) < 4.78 is 27.2. The van der Waals surface area contributed by atoms with Crippen LogP contribution in [0.1, 0.15) is 46.9 Å². The number of rotatable bonds is 6. The van der Waals surface area contributed by atoms with Crippen LogP contribution >= 0.6 is 0 Å². The number of sulfonamides is 1. The zero-order valence-corrected chi connectivity index (χ0v) is 14.1. The fourth-order valence-electron chi connectivity index (χ4n) is 2.80. The number of fused-ring (bicyclic) bond motifs is 1. The normalized spacial score (nSPS) is 18.0. The Labute approximate surface area is 136 Å². The molecule has 3 rings (SSSR count). The summed E-state index contributed by atoms with van der Waals surface area (Å²) in [5.41, 5.74) is 0.433. The Hall–Kier alpha value is -1.73. The lowest BCUT2D eigenvalue weighted by molar-refractivity contribution is 0.0693. The summed E-state index contributed by atoms with van der Waals surface area (Å²) in [5, 5.41) is 0. The number of carbonyl (C=O) groups excluding carboxylic acids is 2. The van der Waals surface area contributed by atoms with Crippen LogP contribution in [0.5, 0.6) is 0 Å². The molecule has 1 saturated carbocycles. The third-order valence-electron chi connectivity index (χ3n) is 4.33. The minimum absolute atomic E-state index is 0.0850. The van der Waals surface area contributed by atoms with Gasteiger partial charge in [-0.25, -0.2) is 8.42 Å². The molecule has 124 valence electrons. The predicted octanol–water partition coefficient (Wildman–Crippen LogP) is 1.72. The van der Waals surface area contributed by atoms with Gasteiger partial charge in [-0.3, -0.25) is 14.5 Å². The summed E-state index contributed by atoms with van der Waals surface area (Å²) >= 11 is 0. The van der Waals surface area contributed by atoms with Gasteiger partial charge in [0.15, 0.2) is 0 Å². The molecule has 1 aromatic rings. The lowest BCUT2D eigenvalue weighted by Crippen LogP contribution is -2.33. The Morgan fingerprint density at radius 1 is 1.17 bits per heavy atom. The lowest BCUT2D eigenvalue weighted by Gasteiger charge is -2.21. The Balaban J connectivity index is 1.97. The van der Waals surface area contributed by atoms with E-state index in [0.29, 0.717) is 19.0 Å². The van der Waals surface area contributed by atoms with Gasteiger partial charge < -0.3 is 0 Å². The van der Waals surface area contributed by atoms with Crippen LogP contribution in [0, 0.1) is 5.92 Å². The minimum Gasteiger partial charge on any atom is -0.277 e. The predicted molar refractivity (Wildman–Crippen MR) is 84.6 cm³/mol. The molecule has 0 bridgehead atoms. The number of benzene rings is 1. The molecule has 0 aromatic heterocycles. The van der Waals surface area contributed by atoms with Gasteiger partial charge in [-0.1, -0.05) is 6.92 Å². The van der Waals surface area contributed by atoms with Gasteiger partial charge >= 0.3 is 0 Å². The zero-order chi connectivity index (χ0) is 16.8. The summed E-state index contributed by atoms with van der Waals surface area (Å²) in [6.45, 7) is 2.93. The van der Waals surface area contributed by atoms with Crippen molar-refractivity contribution in [2.24, 2.45) is 5.92 Å². The van der Waals surface area contributed by atoms with E-state index in [4.69, 9.17) is 0 Å². The first kappa shape index (κ1) is 16.1.